The predicted octanol–water partition coefficient (Wildman–Crippen LogP) is 4.84. The monoisotopic (exact) mass is 352 g/mol. The number of nitro groups is 1. The molecular formula is C20H20N2O4. The van der Waals surface area contributed by atoms with E-state index in [1.807, 2.05) is 39.0 Å². The van der Waals surface area contributed by atoms with Gasteiger partial charge in [0.05, 0.1) is 29.3 Å². The van der Waals surface area contributed by atoms with Crippen LogP contribution in [0.25, 0.3) is 11.6 Å². The number of rotatable bonds is 7. The van der Waals surface area contributed by atoms with E-state index in [1.165, 1.54) is 12.1 Å². The third-order valence-electron chi connectivity index (χ3n) is 3.45. The van der Waals surface area contributed by atoms with Crippen LogP contribution in [0.4, 0.5) is 5.69 Å². The van der Waals surface area contributed by atoms with E-state index in [2.05, 4.69) is 6.07 Å². The molecule has 2 aromatic carbocycles. The smallest absolute Gasteiger partial charge is 0.269 e. The summed E-state index contributed by atoms with van der Waals surface area (Å²) in [5.74, 6) is 1.25. The topological polar surface area (TPSA) is 85.4 Å². The number of nitrogens with zero attached hydrogens (tertiary/aromatic N) is 2. The molecule has 0 unspecified atom stereocenters. The molecule has 0 saturated heterocycles. The summed E-state index contributed by atoms with van der Waals surface area (Å²) in [7, 11) is 0. The van der Waals surface area contributed by atoms with Gasteiger partial charge in [-0.05, 0) is 62.2 Å². The zero-order chi connectivity index (χ0) is 19.1. The van der Waals surface area contributed by atoms with Gasteiger partial charge in [0.1, 0.15) is 0 Å². The van der Waals surface area contributed by atoms with E-state index in [1.54, 1.807) is 18.2 Å². The van der Waals surface area contributed by atoms with Crippen LogP contribution in [-0.4, -0.2) is 17.6 Å². The van der Waals surface area contributed by atoms with Gasteiger partial charge in [-0.2, -0.15) is 5.26 Å². The molecule has 0 radical (unpaired) electrons. The first-order chi connectivity index (χ1) is 12.4. The fourth-order valence-corrected chi connectivity index (χ4v) is 2.34. The SMILES string of the molecule is CCOc1cc(C=C(C#N)c2ccc([N+](=O)[O-])cc2)ccc1OC(C)C. The summed E-state index contributed by atoms with van der Waals surface area (Å²) in [4.78, 5) is 10.3. The van der Waals surface area contributed by atoms with Gasteiger partial charge in [0.25, 0.3) is 5.69 Å². The van der Waals surface area contributed by atoms with Crippen molar-refractivity contribution in [2.24, 2.45) is 0 Å². The number of allylic oxidation sites excluding steroid dienone is 1. The van der Waals surface area contributed by atoms with Crippen LogP contribution < -0.4 is 9.47 Å². The molecule has 6 heteroatoms. The van der Waals surface area contributed by atoms with Crippen molar-refractivity contribution in [1.29, 1.82) is 5.26 Å². The van der Waals surface area contributed by atoms with Crippen molar-refractivity contribution < 1.29 is 14.4 Å². The highest BCUT2D eigenvalue weighted by Gasteiger charge is 2.10. The third kappa shape index (κ3) is 4.84. The normalized spacial score (nSPS) is 11.1. The number of ether oxygens (including phenoxy) is 2. The van der Waals surface area contributed by atoms with Gasteiger partial charge in [-0.1, -0.05) is 6.07 Å². The van der Waals surface area contributed by atoms with E-state index in [4.69, 9.17) is 9.47 Å². The molecule has 0 fully saturated rings. The second-order valence-corrected chi connectivity index (χ2v) is 5.78. The predicted molar refractivity (Wildman–Crippen MR) is 100.0 cm³/mol. The minimum absolute atomic E-state index is 0.0140. The van der Waals surface area contributed by atoms with Crippen LogP contribution in [0.5, 0.6) is 11.5 Å². The molecule has 0 N–H and O–H groups in total. The van der Waals surface area contributed by atoms with Crippen molar-refractivity contribution in [3.63, 3.8) is 0 Å². The summed E-state index contributed by atoms with van der Waals surface area (Å²) < 4.78 is 11.4. The van der Waals surface area contributed by atoms with E-state index in [-0.39, 0.29) is 11.8 Å². The van der Waals surface area contributed by atoms with Gasteiger partial charge in [0, 0.05) is 12.1 Å². The molecule has 0 aliphatic carbocycles. The Morgan fingerprint density at radius 1 is 1.23 bits per heavy atom. The van der Waals surface area contributed by atoms with Crippen molar-refractivity contribution in [3.05, 3.63) is 63.7 Å². The molecule has 26 heavy (non-hydrogen) atoms. The van der Waals surface area contributed by atoms with Crippen LogP contribution in [0.1, 0.15) is 31.9 Å². The molecule has 0 heterocycles. The van der Waals surface area contributed by atoms with Gasteiger partial charge < -0.3 is 9.47 Å². The summed E-state index contributed by atoms with van der Waals surface area (Å²) in [6.45, 7) is 6.26. The Labute approximate surface area is 152 Å². The maximum atomic E-state index is 10.8. The summed E-state index contributed by atoms with van der Waals surface area (Å²) in [6, 6.07) is 13.5. The fraction of sp³-hybridized carbons (Fsp3) is 0.250. The first-order valence-electron chi connectivity index (χ1n) is 8.24. The molecule has 134 valence electrons. The number of hydrogen-bond donors (Lipinski definition) is 0. The molecule has 2 rings (SSSR count). The van der Waals surface area contributed by atoms with E-state index in [0.29, 0.717) is 29.2 Å². The highest BCUT2D eigenvalue weighted by Crippen LogP contribution is 2.31. The first kappa shape index (κ1) is 19.0. The Hall–Kier alpha value is -3.33. The number of nitriles is 1. The molecule has 0 atom stereocenters. The van der Waals surface area contributed by atoms with Gasteiger partial charge in [-0.15, -0.1) is 0 Å². The lowest BCUT2D eigenvalue weighted by molar-refractivity contribution is -0.384. The van der Waals surface area contributed by atoms with E-state index in [0.717, 1.165) is 5.56 Å². The van der Waals surface area contributed by atoms with Gasteiger partial charge in [0.15, 0.2) is 11.5 Å². The van der Waals surface area contributed by atoms with Crippen molar-refractivity contribution in [2.45, 2.75) is 26.9 Å². The Morgan fingerprint density at radius 3 is 2.46 bits per heavy atom. The van der Waals surface area contributed by atoms with Crippen LogP contribution in [0, 0.1) is 21.4 Å². The van der Waals surface area contributed by atoms with Crippen LogP contribution in [-0.2, 0) is 0 Å². The third-order valence-corrected chi connectivity index (χ3v) is 3.45. The molecule has 0 bridgehead atoms. The second-order valence-electron chi connectivity index (χ2n) is 5.78. The quantitative estimate of drug-likeness (QED) is 0.308. The van der Waals surface area contributed by atoms with Crippen LogP contribution >= 0.6 is 0 Å². The fourth-order valence-electron chi connectivity index (χ4n) is 2.34. The Balaban J connectivity index is 2.37. The van der Waals surface area contributed by atoms with Gasteiger partial charge in [0.2, 0.25) is 0 Å². The number of benzene rings is 2. The van der Waals surface area contributed by atoms with Gasteiger partial charge in [-0.25, -0.2) is 0 Å². The maximum absolute atomic E-state index is 10.8. The van der Waals surface area contributed by atoms with Crippen molar-refractivity contribution >= 4 is 17.3 Å². The van der Waals surface area contributed by atoms with E-state index < -0.39 is 4.92 Å². The molecule has 0 aliphatic heterocycles. The van der Waals surface area contributed by atoms with Crippen LogP contribution in [0.2, 0.25) is 0 Å². The standard InChI is InChI=1S/C20H20N2O4/c1-4-25-20-12-15(5-10-19(20)26-14(2)3)11-17(13-21)16-6-8-18(9-7-16)22(23)24/h5-12,14H,4H2,1-3H3. The van der Waals surface area contributed by atoms with Crippen LogP contribution in [0.3, 0.4) is 0 Å². The highest BCUT2D eigenvalue weighted by atomic mass is 16.6. The second kappa shape index (κ2) is 8.67. The molecule has 0 aromatic heterocycles. The summed E-state index contributed by atoms with van der Waals surface area (Å²) >= 11 is 0. The molecule has 6 nitrogen and oxygen atoms in total. The summed E-state index contributed by atoms with van der Waals surface area (Å²) in [5.41, 5.74) is 1.78. The maximum Gasteiger partial charge on any atom is 0.269 e. The number of hydrogen-bond acceptors (Lipinski definition) is 5. The highest BCUT2D eigenvalue weighted by molar-refractivity contribution is 5.90. The number of non-ortho nitro benzene ring substituents is 1. The van der Waals surface area contributed by atoms with Crippen molar-refractivity contribution in [3.8, 4) is 17.6 Å². The van der Waals surface area contributed by atoms with E-state index >= 15 is 0 Å². The first-order valence-corrected chi connectivity index (χ1v) is 8.24. The lowest BCUT2D eigenvalue weighted by Gasteiger charge is -2.15. The van der Waals surface area contributed by atoms with E-state index in [9.17, 15) is 15.4 Å². The Bertz CT molecular complexity index is 849. The Morgan fingerprint density at radius 2 is 1.92 bits per heavy atom. The minimum atomic E-state index is -0.471. The summed E-state index contributed by atoms with van der Waals surface area (Å²) in [5, 5.41) is 20.2. The molecule has 0 saturated carbocycles. The molecule has 2 aromatic rings. The summed E-state index contributed by atoms with van der Waals surface area (Å²) in [6.07, 6.45) is 1.73. The zero-order valence-electron chi connectivity index (χ0n) is 14.9. The van der Waals surface area contributed by atoms with Crippen LogP contribution in [0.15, 0.2) is 42.5 Å². The largest absolute Gasteiger partial charge is 0.490 e. The van der Waals surface area contributed by atoms with Gasteiger partial charge >= 0.3 is 0 Å². The molecule has 0 amide bonds. The Kier molecular flexibility index (Phi) is 6.34. The molecular weight excluding hydrogens is 332 g/mol. The van der Waals surface area contributed by atoms with Crippen molar-refractivity contribution in [2.75, 3.05) is 6.61 Å². The lowest BCUT2D eigenvalue weighted by atomic mass is 10.0. The van der Waals surface area contributed by atoms with Gasteiger partial charge in [-0.3, -0.25) is 10.1 Å². The number of nitro benzene ring substituents is 1. The molecule has 0 spiro atoms. The average molecular weight is 352 g/mol. The van der Waals surface area contributed by atoms with Crippen molar-refractivity contribution in [1.82, 2.24) is 0 Å². The lowest BCUT2D eigenvalue weighted by Crippen LogP contribution is -2.07. The average Bonchev–Trinajstić information content (AvgIpc) is 2.61. The molecule has 0 aliphatic rings. The minimum Gasteiger partial charge on any atom is -0.490 e. The zero-order valence-corrected chi connectivity index (χ0v) is 14.9.